The summed E-state index contributed by atoms with van der Waals surface area (Å²) in [6.45, 7) is 4.16. The lowest BCUT2D eigenvalue weighted by Gasteiger charge is -2.11. The van der Waals surface area contributed by atoms with Crippen LogP contribution >= 0.6 is 0 Å². The molecule has 1 aromatic rings. The number of aromatic nitrogens is 3. The van der Waals surface area contributed by atoms with E-state index in [1.165, 1.54) is 0 Å². The van der Waals surface area contributed by atoms with Gasteiger partial charge in [0, 0.05) is 24.8 Å². The summed E-state index contributed by atoms with van der Waals surface area (Å²) in [5, 5.41) is 4.18. The highest BCUT2D eigenvalue weighted by Gasteiger charge is 2.26. The quantitative estimate of drug-likeness (QED) is 0.759. The van der Waals surface area contributed by atoms with E-state index in [0.717, 1.165) is 31.5 Å². The van der Waals surface area contributed by atoms with Crippen LogP contribution in [-0.2, 0) is 11.2 Å². The van der Waals surface area contributed by atoms with Crippen LogP contribution in [0.5, 0.6) is 0 Å². The fraction of sp³-hybridized carbons (Fsp3) is 0.727. The number of ketones is 1. The molecule has 4 nitrogen and oxygen atoms in total. The van der Waals surface area contributed by atoms with Gasteiger partial charge in [0.25, 0.3) is 0 Å². The molecule has 1 heterocycles. The first-order chi connectivity index (χ1) is 7.18. The Balaban J connectivity index is 2.10. The number of nitrogens with zero attached hydrogens (tertiary/aromatic N) is 3. The average Bonchev–Trinajstić information content (AvgIpc) is 2.77. The highest BCUT2D eigenvalue weighted by molar-refractivity contribution is 5.82. The van der Waals surface area contributed by atoms with E-state index in [0.29, 0.717) is 11.8 Å². The van der Waals surface area contributed by atoms with Crippen molar-refractivity contribution in [3.05, 3.63) is 12.2 Å². The van der Waals surface area contributed by atoms with Crippen molar-refractivity contribution in [3.8, 4) is 0 Å². The summed E-state index contributed by atoms with van der Waals surface area (Å²) in [6, 6.07) is 0.319. The molecule has 1 unspecified atom stereocenters. The standard InChI is InChI=1S/C11H17N3O/c1-8(2)14-11(12-7-13-14)6-9-4-3-5-10(9)15/h7-9H,3-6H2,1-2H3. The molecule has 1 aromatic heterocycles. The summed E-state index contributed by atoms with van der Waals surface area (Å²) >= 11 is 0. The first-order valence-electron chi connectivity index (χ1n) is 5.59. The van der Waals surface area contributed by atoms with E-state index in [1.807, 2.05) is 4.68 Å². The molecule has 0 aromatic carbocycles. The maximum absolute atomic E-state index is 11.5. The van der Waals surface area contributed by atoms with Gasteiger partial charge in [-0.05, 0) is 26.7 Å². The summed E-state index contributed by atoms with van der Waals surface area (Å²) in [6.07, 6.45) is 5.15. The molecule has 1 fully saturated rings. The summed E-state index contributed by atoms with van der Waals surface area (Å²) in [4.78, 5) is 15.8. The molecule has 1 saturated carbocycles. The molecular weight excluding hydrogens is 190 g/mol. The van der Waals surface area contributed by atoms with Gasteiger partial charge in [0.1, 0.15) is 17.9 Å². The van der Waals surface area contributed by atoms with Crippen LogP contribution in [0.25, 0.3) is 0 Å². The highest BCUT2D eigenvalue weighted by atomic mass is 16.1. The summed E-state index contributed by atoms with van der Waals surface area (Å²) < 4.78 is 1.91. The van der Waals surface area contributed by atoms with Crippen molar-refractivity contribution >= 4 is 5.78 Å². The Morgan fingerprint density at radius 2 is 2.40 bits per heavy atom. The van der Waals surface area contributed by atoms with Crippen molar-refractivity contribution in [1.29, 1.82) is 0 Å². The zero-order chi connectivity index (χ0) is 10.8. The lowest BCUT2D eigenvalue weighted by molar-refractivity contribution is -0.120. The minimum Gasteiger partial charge on any atom is -0.299 e. The molecule has 0 radical (unpaired) electrons. The van der Waals surface area contributed by atoms with Gasteiger partial charge in [-0.3, -0.25) is 4.79 Å². The van der Waals surface area contributed by atoms with Gasteiger partial charge < -0.3 is 0 Å². The molecule has 1 aliphatic carbocycles. The Bertz CT molecular complexity index is 356. The third-order valence-electron chi connectivity index (χ3n) is 3.00. The highest BCUT2D eigenvalue weighted by Crippen LogP contribution is 2.24. The second-order valence-electron chi connectivity index (χ2n) is 4.47. The fourth-order valence-electron chi connectivity index (χ4n) is 2.18. The predicted octanol–water partition coefficient (Wildman–Crippen LogP) is 1.77. The molecule has 4 heteroatoms. The van der Waals surface area contributed by atoms with Gasteiger partial charge in [-0.25, -0.2) is 9.67 Å². The minimum atomic E-state index is 0.187. The molecule has 0 saturated heterocycles. The zero-order valence-electron chi connectivity index (χ0n) is 9.31. The molecule has 0 N–H and O–H groups in total. The van der Waals surface area contributed by atoms with Crippen LogP contribution in [0.4, 0.5) is 0 Å². The molecule has 0 aliphatic heterocycles. The van der Waals surface area contributed by atoms with Gasteiger partial charge in [-0.1, -0.05) is 0 Å². The van der Waals surface area contributed by atoms with Crippen LogP contribution in [0.15, 0.2) is 6.33 Å². The maximum atomic E-state index is 11.5. The van der Waals surface area contributed by atoms with Crippen LogP contribution in [0, 0.1) is 5.92 Å². The number of carbonyl (C=O) groups excluding carboxylic acids is 1. The maximum Gasteiger partial charge on any atom is 0.138 e. The van der Waals surface area contributed by atoms with Crippen LogP contribution in [0.2, 0.25) is 0 Å². The largest absolute Gasteiger partial charge is 0.299 e. The molecular formula is C11H17N3O. The third-order valence-corrected chi connectivity index (χ3v) is 3.00. The smallest absolute Gasteiger partial charge is 0.138 e. The third kappa shape index (κ3) is 2.08. The monoisotopic (exact) mass is 207 g/mol. The summed E-state index contributed by atoms with van der Waals surface area (Å²) in [5.41, 5.74) is 0. The molecule has 1 aliphatic rings. The number of Topliss-reactive ketones (excluding diaryl/α,β-unsaturated/α-hetero) is 1. The van der Waals surface area contributed by atoms with Gasteiger partial charge in [-0.15, -0.1) is 0 Å². The van der Waals surface area contributed by atoms with E-state index >= 15 is 0 Å². The summed E-state index contributed by atoms with van der Waals surface area (Å²) in [5.74, 6) is 1.53. The van der Waals surface area contributed by atoms with E-state index in [1.54, 1.807) is 6.33 Å². The number of hydrogen-bond donors (Lipinski definition) is 0. The van der Waals surface area contributed by atoms with Gasteiger partial charge in [0.05, 0.1) is 0 Å². The molecule has 2 rings (SSSR count). The molecule has 15 heavy (non-hydrogen) atoms. The molecule has 1 atom stereocenters. The van der Waals surface area contributed by atoms with Crippen molar-refractivity contribution < 1.29 is 4.79 Å². The lowest BCUT2D eigenvalue weighted by Crippen LogP contribution is -2.15. The van der Waals surface area contributed by atoms with E-state index in [4.69, 9.17) is 0 Å². The number of carbonyl (C=O) groups is 1. The Morgan fingerprint density at radius 1 is 1.60 bits per heavy atom. The second-order valence-corrected chi connectivity index (χ2v) is 4.47. The van der Waals surface area contributed by atoms with Crippen LogP contribution in [-0.4, -0.2) is 20.5 Å². The van der Waals surface area contributed by atoms with E-state index in [2.05, 4.69) is 23.9 Å². The summed E-state index contributed by atoms with van der Waals surface area (Å²) in [7, 11) is 0. The first-order valence-corrected chi connectivity index (χ1v) is 5.59. The Labute approximate surface area is 89.7 Å². The van der Waals surface area contributed by atoms with Crippen molar-refractivity contribution in [2.45, 2.75) is 45.6 Å². The zero-order valence-corrected chi connectivity index (χ0v) is 9.31. The van der Waals surface area contributed by atoms with Gasteiger partial charge in [0.15, 0.2) is 0 Å². The van der Waals surface area contributed by atoms with Crippen molar-refractivity contribution in [2.75, 3.05) is 0 Å². The van der Waals surface area contributed by atoms with Gasteiger partial charge >= 0.3 is 0 Å². The SMILES string of the molecule is CC(C)n1ncnc1CC1CCCC1=O. The van der Waals surface area contributed by atoms with Gasteiger partial charge in [-0.2, -0.15) is 5.10 Å². The lowest BCUT2D eigenvalue weighted by atomic mass is 10.0. The van der Waals surface area contributed by atoms with Gasteiger partial charge in [0.2, 0.25) is 0 Å². The Hall–Kier alpha value is -1.19. The molecule has 82 valence electrons. The van der Waals surface area contributed by atoms with E-state index in [9.17, 15) is 4.79 Å². The number of rotatable bonds is 3. The molecule has 0 bridgehead atoms. The van der Waals surface area contributed by atoms with Crippen LogP contribution < -0.4 is 0 Å². The number of hydrogen-bond acceptors (Lipinski definition) is 3. The fourth-order valence-corrected chi connectivity index (χ4v) is 2.18. The van der Waals surface area contributed by atoms with Crippen molar-refractivity contribution in [3.63, 3.8) is 0 Å². The normalized spacial score (nSPS) is 21.5. The van der Waals surface area contributed by atoms with Crippen LogP contribution in [0.1, 0.15) is 45.0 Å². The minimum absolute atomic E-state index is 0.187. The second kappa shape index (κ2) is 4.13. The Kier molecular flexibility index (Phi) is 2.84. The molecule has 0 spiro atoms. The van der Waals surface area contributed by atoms with Crippen LogP contribution in [0.3, 0.4) is 0 Å². The predicted molar refractivity (Wildman–Crippen MR) is 56.5 cm³/mol. The first kappa shape index (κ1) is 10.3. The van der Waals surface area contributed by atoms with Crippen molar-refractivity contribution in [2.24, 2.45) is 5.92 Å². The Morgan fingerprint density at radius 3 is 3.00 bits per heavy atom. The average molecular weight is 207 g/mol. The topological polar surface area (TPSA) is 47.8 Å². The molecule has 0 amide bonds. The van der Waals surface area contributed by atoms with E-state index in [-0.39, 0.29) is 5.92 Å². The van der Waals surface area contributed by atoms with E-state index < -0.39 is 0 Å². The van der Waals surface area contributed by atoms with Crippen molar-refractivity contribution in [1.82, 2.24) is 14.8 Å².